The van der Waals surface area contributed by atoms with E-state index in [1.54, 1.807) is 23.1 Å². The van der Waals surface area contributed by atoms with Gasteiger partial charge in [-0.05, 0) is 55.3 Å². The maximum Gasteiger partial charge on any atom is 0.417 e. The Balaban J connectivity index is 2.23. The van der Waals surface area contributed by atoms with E-state index in [9.17, 15) is 23.1 Å². The molecule has 1 aliphatic heterocycles. The standard InChI is InChI=1S/C21H20Cl2F3NO3/c1-30-18-8-6-13(22)11-14(18)19(27-9-3-2-4-17(27)20(28)29)12-5-7-16(23)15(10-12)21(24,25)26/h5-8,10-11,17,19H,2-4,9H2,1H3,(H,28,29). The molecule has 2 atom stereocenters. The van der Waals surface area contributed by atoms with E-state index in [1.165, 1.54) is 19.2 Å². The molecule has 30 heavy (non-hydrogen) atoms. The molecule has 1 heterocycles. The largest absolute Gasteiger partial charge is 0.496 e. The normalized spacial score (nSPS) is 18.8. The average Bonchev–Trinajstić information content (AvgIpc) is 2.69. The summed E-state index contributed by atoms with van der Waals surface area (Å²) in [6.45, 7) is 0.404. The van der Waals surface area contributed by atoms with Crippen LogP contribution in [0.3, 0.4) is 0 Å². The van der Waals surface area contributed by atoms with Gasteiger partial charge in [0.15, 0.2) is 0 Å². The van der Waals surface area contributed by atoms with E-state index < -0.39 is 34.8 Å². The number of nitrogens with zero attached hydrogens (tertiary/aromatic N) is 1. The van der Waals surface area contributed by atoms with E-state index in [0.29, 0.717) is 29.3 Å². The predicted octanol–water partition coefficient (Wildman–Crippen LogP) is 6.05. The molecule has 9 heteroatoms. The number of hydrogen-bond donors (Lipinski definition) is 1. The van der Waals surface area contributed by atoms with Crippen LogP contribution < -0.4 is 4.74 Å². The van der Waals surface area contributed by atoms with Crippen LogP contribution in [0, 0.1) is 0 Å². The Morgan fingerprint density at radius 3 is 2.57 bits per heavy atom. The summed E-state index contributed by atoms with van der Waals surface area (Å²) in [6.07, 6.45) is -2.80. The summed E-state index contributed by atoms with van der Waals surface area (Å²) in [6, 6.07) is 6.80. The monoisotopic (exact) mass is 461 g/mol. The van der Waals surface area contributed by atoms with Crippen molar-refractivity contribution in [1.82, 2.24) is 4.90 Å². The molecule has 4 nitrogen and oxygen atoms in total. The van der Waals surface area contributed by atoms with Gasteiger partial charge in [-0.25, -0.2) is 0 Å². The van der Waals surface area contributed by atoms with Crippen LogP contribution in [0.15, 0.2) is 36.4 Å². The van der Waals surface area contributed by atoms with Crippen LogP contribution in [0.4, 0.5) is 13.2 Å². The van der Waals surface area contributed by atoms with Crippen molar-refractivity contribution >= 4 is 29.2 Å². The second-order valence-electron chi connectivity index (χ2n) is 7.11. The van der Waals surface area contributed by atoms with Crippen LogP contribution in [0.2, 0.25) is 10.0 Å². The first-order valence-corrected chi connectivity index (χ1v) is 10.1. The summed E-state index contributed by atoms with van der Waals surface area (Å²) in [4.78, 5) is 13.6. The van der Waals surface area contributed by atoms with Crippen molar-refractivity contribution in [3.8, 4) is 5.75 Å². The maximum absolute atomic E-state index is 13.5. The summed E-state index contributed by atoms with van der Waals surface area (Å²) in [5.41, 5.74) is -0.217. The Labute approximate surface area is 182 Å². The molecule has 2 aromatic rings. The molecular formula is C21H20Cl2F3NO3. The number of ether oxygens (including phenoxy) is 1. The number of carboxylic acids is 1. The van der Waals surface area contributed by atoms with Crippen LogP contribution in [-0.4, -0.2) is 35.7 Å². The van der Waals surface area contributed by atoms with Crippen molar-refractivity contribution in [3.05, 3.63) is 63.1 Å². The third-order valence-electron chi connectivity index (χ3n) is 5.26. The van der Waals surface area contributed by atoms with Gasteiger partial charge >= 0.3 is 12.1 Å². The molecule has 1 aliphatic rings. The highest BCUT2D eigenvalue weighted by Gasteiger charge is 2.39. The molecular weight excluding hydrogens is 442 g/mol. The third-order valence-corrected chi connectivity index (χ3v) is 5.82. The first-order valence-electron chi connectivity index (χ1n) is 9.32. The van der Waals surface area contributed by atoms with Gasteiger partial charge in [0.1, 0.15) is 11.8 Å². The molecule has 0 bridgehead atoms. The van der Waals surface area contributed by atoms with Gasteiger partial charge in [0, 0.05) is 10.6 Å². The SMILES string of the molecule is COc1ccc(Cl)cc1C(c1ccc(Cl)c(C(F)(F)F)c1)N1CCCCC1C(=O)O. The second kappa shape index (κ2) is 9.04. The van der Waals surface area contributed by atoms with Crippen molar-refractivity contribution in [1.29, 1.82) is 0 Å². The van der Waals surface area contributed by atoms with Crippen LogP contribution in [0.25, 0.3) is 0 Å². The molecule has 3 rings (SSSR count). The van der Waals surface area contributed by atoms with Gasteiger partial charge in [-0.2, -0.15) is 13.2 Å². The number of benzene rings is 2. The van der Waals surface area contributed by atoms with Crippen LogP contribution in [0.5, 0.6) is 5.75 Å². The molecule has 0 aromatic heterocycles. The Morgan fingerprint density at radius 2 is 1.93 bits per heavy atom. The minimum atomic E-state index is -4.65. The molecule has 0 spiro atoms. The van der Waals surface area contributed by atoms with Crippen LogP contribution >= 0.6 is 23.2 Å². The number of hydrogen-bond acceptors (Lipinski definition) is 3. The van der Waals surface area contributed by atoms with Crippen LogP contribution in [-0.2, 0) is 11.0 Å². The van der Waals surface area contributed by atoms with E-state index in [2.05, 4.69) is 0 Å². The van der Waals surface area contributed by atoms with Crippen LogP contribution in [0.1, 0.15) is 42.0 Å². The number of carboxylic acid groups (broad SMARTS) is 1. The molecule has 1 N–H and O–H groups in total. The van der Waals surface area contributed by atoms with E-state index in [1.807, 2.05) is 0 Å². The number of halogens is 5. The van der Waals surface area contributed by atoms with Crippen molar-refractivity contribution in [2.75, 3.05) is 13.7 Å². The molecule has 2 unspecified atom stereocenters. The van der Waals surface area contributed by atoms with E-state index in [0.717, 1.165) is 18.9 Å². The highest BCUT2D eigenvalue weighted by Crippen LogP contribution is 2.42. The summed E-state index contributed by atoms with van der Waals surface area (Å²) in [5.74, 6) is -0.617. The number of alkyl halides is 3. The van der Waals surface area contributed by atoms with Gasteiger partial charge in [-0.3, -0.25) is 9.69 Å². The van der Waals surface area contributed by atoms with Gasteiger partial charge < -0.3 is 9.84 Å². The van der Waals surface area contributed by atoms with Crippen molar-refractivity contribution < 1.29 is 27.8 Å². The zero-order valence-corrected chi connectivity index (χ0v) is 17.6. The van der Waals surface area contributed by atoms with E-state index >= 15 is 0 Å². The minimum Gasteiger partial charge on any atom is -0.496 e. The lowest BCUT2D eigenvalue weighted by Crippen LogP contribution is -2.47. The quantitative estimate of drug-likeness (QED) is 0.588. The molecule has 162 valence electrons. The minimum absolute atomic E-state index is 0.264. The lowest BCUT2D eigenvalue weighted by Gasteiger charge is -2.40. The number of likely N-dealkylation sites (tertiary alicyclic amines) is 1. The van der Waals surface area contributed by atoms with Crippen molar-refractivity contribution in [2.45, 2.75) is 37.5 Å². The Bertz CT molecular complexity index is 936. The fraction of sp³-hybridized carbons (Fsp3) is 0.381. The van der Waals surface area contributed by atoms with Crippen molar-refractivity contribution in [3.63, 3.8) is 0 Å². The van der Waals surface area contributed by atoms with Gasteiger partial charge in [0.05, 0.1) is 23.7 Å². The molecule has 0 saturated carbocycles. The number of methoxy groups -OCH3 is 1. The highest BCUT2D eigenvalue weighted by atomic mass is 35.5. The zero-order chi connectivity index (χ0) is 22.1. The molecule has 1 fully saturated rings. The topological polar surface area (TPSA) is 49.8 Å². The number of carbonyl (C=O) groups is 1. The number of aliphatic carboxylic acids is 1. The van der Waals surface area contributed by atoms with Gasteiger partial charge in [0.2, 0.25) is 0 Å². The predicted molar refractivity (Wildman–Crippen MR) is 108 cm³/mol. The zero-order valence-electron chi connectivity index (χ0n) is 16.0. The molecule has 0 aliphatic carbocycles. The number of piperidine rings is 1. The summed E-state index contributed by atoms with van der Waals surface area (Å²) in [7, 11) is 1.44. The van der Waals surface area contributed by atoms with E-state index in [-0.39, 0.29) is 5.56 Å². The maximum atomic E-state index is 13.5. The Kier molecular flexibility index (Phi) is 6.84. The fourth-order valence-corrected chi connectivity index (χ4v) is 4.33. The molecule has 1 saturated heterocycles. The lowest BCUT2D eigenvalue weighted by atomic mass is 9.90. The molecule has 2 aromatic carbocycles. The first kappa shape index (κ1) is 22.7. The Morgan fingerprint density at radius 1 is 1.20 bits per heavy atom. The average molecular weight is 462 g/mol. The highest BCUT2D eigenvalue weighted by molar-refractivity contribution is 6.31. The summed E-state index contributed by atoms with van der Waals surface area (Å²) >= 11 is 12.0. The third kappa shape index (κ3) is 4.68. The summed E-state index contributed by atoms with van der Waals surface area (Å²) < 4.78 is 46.0. The number of rotatable bonds is 5. The van der Waals surface area contributed by atoms with Gasteiger partial charge in [0.25, 0.3) is 0 Å². The van der Waals surface area contributed by atoms with Crippen molar-refractivity contribution in [2.24, 2.45) is 0 Å². The van der Waals surface area contributed by atoms with E-state index in [4.69, 9.17) is 27.9 Å². The fourth-order valence-electron chi connectivity index (χ4n) is 3.93. The summed E-state index contributed by atoms with van der Waals surface area (Å²) in [5, 5.41) is 9.71. The lowest BCUT2D eigenvalue weighted by molar-refractivity contribution is -0.145. The Hall–Kier alpha value is -1.96. The van der Waals surface area contributed by atoms with Gasteiger partial charge in [-0.15, -0.1) is 0 Å². The molecule has 0 radical (unpaired) electrons. The van der Waals surface area contributed by atoms with Gasteiger partial charge in [-0.1, -0.05) is 35.7 Å². The first-order chi connectivity index (χ1) is 14.1. The second-order valence-corrected chi connectivity index (χ2v) is 7.96. The smallest absolute Gasteiger partial charge is 0.417 e. The molecule has 0 amide bonds.